The summed E-state index contributed by atoms with van der Waals surface area (Å²) in [6, 6.07) is 15.5. The molecule has 0 amide bonds. The maximum absolute atomic E-state index is 10.3. The molecule has 1 saturated heterocycles. The molecule has 4 aliphatic rings. The Morgan fingerprint density at radius 2 is 1.88 bits per heavy atom. The number of nitrogens with two attached hydrogens (primary N) is 1. The van der Waals surface area contributed by atoms with Crippen molar-refractivity contribution >= 4 is 17.6 Å². The number of hydrogen-bond donors (Lipinski definition) is 1. The smallest absolute Gasteiger partial charge is 0.230 e. The van der Waals surface area contributed by atoms with Crippen LogP contribution >= 0.6 is 11.8 Å². The highest BCUT2D eigenvalue weighted by Gasteiger charge is 2.99. The van der Waals surface area contributed by atoms with E-state index < -0.39 is 21.3 Å². The molecule has 2 aliphatic heterocycles. The van der Waals surface area contributed by atoms with Gasteiger partial charge in [-0.3, -0.25) is 0 Å². The first-order valence-electron chi connectivity index (χ1n) is 9.14. The Labute approximate surface area is 157 Å². The summed E-state index contributed by atoms with van der Waals surface area (Å²) < 4.78 is 6.01. The van der Waals surface area contributed by atoms with Crippen LogP contribution in [0.4, 0.5) is 0 Å². The van der Waals surface area contributed by atoms with Crippen molar-refractivity contribution in [3.8, 4) is 12.1 Å². The Bertz CT molecular complexity index is 871. The van der Waals surface area contributed by atoms with Gasteiger partial charge in [0.1, 0.15) is 11.3 Å². The molecule has 6 heteroatoms. The minimum Gasteiger partial charge on any atom is -0.386 e. The summed E-state index contributed by atoms with van der Waals surface area (Å²) in [7, 11) is 0. The van der Waals surface area contributed by atoms with Gasteiger partial charge < -0.3 is 10.5 Å². The van der Waals surface area contributed by atoms with Crippen LogP contribution in [0.1, 0.15) is 37.2 Å². The summed E-state index contributed by atoms with van der Waals surface area (Å²) in [6.45, 7) is 0.551. The largest absolute Gasteiger partial charge is 0.386 e. The normalized spacial score (nSPS) is 45.8. The lowest BCUT2D eigenvalue weighted by Gasteiger charge is -2.36. The number of amidine groups is 1. The van der Waals surface area contributed by atoms with Crippen molar-refractivity contribution in [2.45, 2.75) is 36.7 Å². The van der Waals surface area contributed by atoms with Crippen LogP contribution in [0.5, 0.6) is 0 Å². The maximum atomic E-state index is 10.3. The Balaban J connectivity index is 1.54. The van der Waals surface area contributed by atoms with Gasteiger partial charge in [0.15, 0.2) is 5.41 Å². The molecule has 2 N–H and O–H groups in total. The molecule has 0 aromatic heterocycles. The van der Waals surface area contributed by atoms with Gasteiger partial charge in [0.25, 0.3) is 0 Å². The second-order valence-corrected chi connectivity index (χ2v) is 9.02. The molecule has 2 spiro atoms. The molecule has 1 aromatic rings. The number of aliphatic imine (C=N–C) groups is 1. The average molecular weight is 364 g/mol. The van der Waals surface area contributed by atoms with E-state index in [4.69, 9.17) is 10.5 Å². The van der Waals surface area contributed by atoms with Crippen molar-refractivity contribution in [3.63, 3.8) is 0 Å². The zero-order valence-electron chi connectivity index (χ0n) is 14.4. The van der Waals surface area contributed by atoms with E-state index >= 15 is 0 Å². The molecule has 5 rings (SSSR count). The maximum Gasteiger partial charge on any atom is 0.230 e. The minimum atomic E-state index is -0.992. The van der Waals surface area contributed by atoms with Gasteiger partial charge in [0.05, 0.1) is 18.7 Å². The van der Waals surface area contributed by atoms with Crippen LogP contribution in [0.15, 0.2) is 35.3 Å². The quantitative estimate of drug-likeness (QED) is 0.826. The zero-order chi connectivity index (χ0) is 18.0. The zero-order valence-corrected chi connectivity index (χ0v) is 15.3. The van der Waals surface area contributed by atoms with Crippen molar-refractivity contribution in [1.29, 1.82) is 10.5 Å². The molecule has 3 fully saturated rings. The van der Waals surface area contributed by atoms with Crippen molar-refractivity contribution in [2.24, 2.45) is 27.0 Å². The molecule has 2 heterocycles. The first kappa shape index (κ1) is 16.2. The van der Waals surface area contributed by atoms with E-state index in [0.717, 1.165) is 31.4 Å². The first-order valence-corrected chi connectivity index (χ1v) is 10.1. The molecule has 2 saturated carbocycles. The highest BCUT2D eigenvalue weighted by Crippen LogP contribution is 2.90. The van der Waals surface area contributed by atoms with E-state index in [1.165, 1.54) is 5.56 Å². The van der Waals surface area contributed by atoms with E-state index in [1.807, 2.05) is 6.07 Å². The molecule has 0 unspecified atom stereocenters. The SMILES string of the molecule is N#C[C@]12C3(CCC(c4ccccc4)CC3)[C@@]1(C#N)C(N)=N[C@@]21OCCS1. The third kappa shape index (κ3) is 1.44. The summed E-state index contributed by atoms with van der Waals surface area (Å²) in [4.78, 5) is 4.55. The number of rotatable bonds is 1. The van der Waals surface area contributed by atoms with Gasteiger partial charge in [0, 0.05) is 11.2 Å². The van der Waals surface area contributed by atoms with Gasteiger partial charge in [-0.05, 0) is 37.2 Å². The van der Waals surface area contributed by atoms with Crippen molar-refractivity contribution in [1.82, 2.24) is 0 Å². The molecule has 26 heavy (non-hydrogen) atoms. The van der Waals surface area contributed by atoms with Crippen molar-refractivity contribution in [2.75, 3.05) is 12.4 Å². The summed E-state index contributed by atoms with van der Waals surface area (Å²) in [5.74, 6) is 1.57. The summed E-state index contributed by atoms with van der Waals surface area (Å²) in [6.07, 6.45) is 3.56. The summed E-state index contributed by atoms with van der Waals surface area (Å²) in [5.41, 5.74) is 5.28. The molecule has 5 nitrogen and oxygen atoms in total. The molecular weight excluding hydrogens is 344 g/mol. The Hall–Kier alpha value is -2.02. The Kier molecular flexibility index (Phi) is 3.13. The van der Waals surface area contributed by atoms with Gasteiger partial charge in [-0.1, -0.05) is 42.1 Å². The standard InChI is InChI=1S/C20H20N4OS/c21-12-18-16(23)24-20(25-10-11-26-20)19(18,13-22)17(18)8-6-15(7-9-17)14-4-2-1-3-5-14/h1-5,15H,6-11H2,(H2,23,24)/t15?,17?,18-,19+,20-/m1/s1. The highest BCUT2D eigenvalue weighted by molar-refractivity contribution is 8.00. The molecule has 132 valence electrons. The third-order valence-corrected chi connectivity index (χ3v) is 8.46. The number of nitriles is 2. The van der Waals surface area contributed by atoms with Crippen LogP contribution in [0.25, 0.3) is 0 Å². The lowest BCUT2D eigenvalue weighted by molar-refractivity contribution is 0.00223. The number of nitrogens with zero attached hydrogens (tertiary/aromatic N) is 3. The van der Waals surface area contributed by atoms with E-state index in [9.17, 15) is 10.5 Å². The van der Waals surface area contributed by atoms with Gasteiger partial charge in [-0.2, -0.15) is 10.5 Å². The number of hydrogen-bond acceptors (Lipinski definition) is 6. The van der Waals surface area contributed by atoms with E-state index in [0.29, 0.717) is 18.4 Å². The molecule has 2 aliphatic carbocycles. The van der Waals surface area contributed by atoms with Gasteiger partial charge in [-0.15, -0.1) is 0 Å². The lowest BCUT2D eigenvalue weighted by Crippen LogP contribution is -2.38. The summed E-state index contributed by atoms with van der Waals surface area (Å²) >= 11 is 1.54. The highest BCUT2D eigenvalue weighted by atomic mass is 32.2. The Morgan fingerprint density at radius 3 is 2.46 bits per heavy atom. The van der Waals surface area contributed by atoms with Crippen LogP contribution in [0.2, 0.25) is 0 Å². The van der Waals surface area contributed by atoms with Gasteiger partial charge >= 0.3 is 0 Å². The van der Waals surface area contributed by atoms with E-state index in [1.54, 1.807) is 11.8 Å². The van der Waals surface area contributed by atoms with Crippen LogP contribution in [0.3, 0.4) is 0 Å². The molecule has 0 bridgehead atoms. The monoisotopic (exact) mass is 364 g/mol. The fourth-order valence-corrected chi connectivity index (χ4v) is 7.49. The number of benzene rings is 1. The predicted octanol–water partition coefficient (Wildman–Crippen LogP) is 3.15. The van der Waals surface area contributed by atoms with Crippen LogP contribution in [-0.2, 0) is 4.74 Å². The molecule has 1 aromatic carbocycles. The van der Waals surface area contributed by atoms with Crippen LogP contribution in [0, 0.1) is 38.9 Å². The predicted molar refractivity (Wildman–Crippen MR) is 98.9 cm³/mol. The van der Waals surface area contributed by atoms with E-state index in [2.05, 4.69) is 41.4 Å². The van der Waals surface area contributed by atoms with E-state index in [-0.39, 0.29) is 0 Å². The summed E-state index contributed by atoms with van der Waals surface area (Å²) in [5, 5.41) is 19.4. The van der Waals surface area contributed by atoms with Gasteiger partial charge in [0.2, 0.25) is 5.06 Å². The fraction of sp³-hybridized carbons (Fsp3) is 0.550. The topological polar surface area (TPSA) is 95.2 Å². The van der Waals surface area contributed by atoms with Crippen LogP contribution < -0.4 is 5.73 Å². The number of fused-ring (bicyclic) bond motifs is 4. The minimum absolute atomic E-state index is 0.314. The van der Waals surface area contributed by atoms with Crippen LogP contribution in [-0.4, -0.2) is 23.3 Å². The molecular formula is C20H20N4OS. The average Bonchev–Trinajstić information content (AvgIpc) is 2.95. The van der Waals surface area contributed by atoms with Gasteiger partial charge in [-0.25, -0.2) is 4.99 Å². The lowest BCUT2D eigenvalue weighted by atomic mass is 9.71. The first-order chi connectivity index (χ1) is 12.6. The van der Waals surface area contributed by atoms with Crippen molar-refractivity contribution in [3.05, 3.63) is 35.9 Å². The Morgan fingerprint density at radius 1 is 1.15 bits per heavy atom. The van der Waals surface area contributed by atoms with Crippen molar-refractivity contribution < 1.29 is 4.74 Å². The molecule has 0 radical (unpaired) electrons. The third-order valence-electron chi connectivity index (χ3n) is 7.19. The number of ether oxygens (including phenoxy) is 1. The second-order valence-electron chi connectivity index (χ2n) is 7.77. The fourth-order valence-electron chi connectivity index (χ4n) is 6.11. The molecule has 3 atom stereocenters. The number of thioether (sulfide) groups is 1. The second kappa shape index (κ2) is 5.03.